The minimum Gasteiger partial charge on any atom is -0.546 e. The first-order chi connectivity index (χ1) is 9.36. The molecule has 0 aromatic carbocycles. The fourth-order valence-corrected chi connectivity index (χ4v) is 1.52. The first-order valence-electron chi connectivity index (χ1n) is 6.11. The Balaban J connectivity index is 0.00000400. The second-order valence-electron chi connectivity index (χ2n) is 4.18. The Morgan fingerprint density at radius 1 is 1.38 bits per heavy atom. The largest absolute Gasteiger partial charge is 1.00 e. The van der Waals surface area contributed by atoms with Crippen molar-refractivity contribution in [3.05, 3.63) is 23.0 Å². The van der Waals surface area contributed by atoms with Crippen molar-refractivity contribution < 1.29 is 58.5 Å². The molecule has 8 heteroatoms. The topological polar surface area (TPSA) is 105 Å². The molecule has 0 aromatic heterocycles. The second-order valence-corrected chi connectivity index (χ2v) is 4.18. The van der Waals surface area contributed by atoms with E-state index < -0.39 is 24.0 Å². The van der Waals surface area contributed by atoms with Crippen molar-refractivity contribution >= 4 is 17.9 Å². The SMILES string of the molecule is CCOC(=O)C1=CNC(C)=C(C(=O)OC(C)C(=O)[O-])C1.[Na+]. The van der Waals surface area contributed by atoms with Crippen LogP contribution in [0.25, 0.3) is 0 Å². The average Bonchev–Trinajstić information content (AvgIpc) is 2.39. The van der Waals surface area contributed by atoms with Crippen molar-refractivity contribution in [3.8, 4) is 0 Å². The van der Waals surface area contributed by atoms with E-state index in [1.165, 1.54) is 13.1 Å². The first kappa shape index (κ1) is 19.7. The number of rotatable bonds is 5. The number of ether oxygens (including phenoxy) is 2. The fourth-order valence-electron chi connectivity index (χ4n) is 1.52. The molecule has 7 nitrogen and oxygen atoms in total. The number of aliphatic carboxylic acids is 1. The summed E-state index contributed by atoms with van der Waals surface area (Å²) in [5, 5.41) is 13.3. The first-order valence-corrected chi connectivity index (χ1v) is 6.11. The van der Waals surface area contributed by atoms with Gasteiger partial charge in [0, 0.05) is 18.3 Å². The number of carbonyl (C=O) groups excluding carboxylic acids is 3. The van der Waals surface area contributed by atoms with Crippen molar-refractivity contribution in [2.45, 2.75) is 33.3 Å². The van der Waals surface area contributed by atoms with Gasteiger partial charge in [0.05, 0.1) is 23.7 Å². The predicted octanol–water partition coefficient (Wildman–Crippen LogP) is -3.61. The summed E-state index contributed by atoms with van der Waals surface area (Å²) in [4.78, 5) is 34.0. The van der Waals surface area contributed by atoms with Gasteiger partial charge in [0.25, 0.3) is 0 Å². The van der Waals surface area contributed by atoms with Crippen LogP contribution in [0.2, 0.25) is 0 Å². The number of nitrogens with one attached hydrogen (secondary N) is 1. The van der Waals surface area contributed by atoms with E-state index in [1.54, 1.807) is 13.8 Å². The van der Waals surface area contributed by atoms with Gasteiger partial charge in [0.1, 0.15) is 6.10 Å². The molecule has 1 N–H and O–H groups in total. The number of carbonyl (C=O) groups is 3. The molecule has 0 saturated carbocycles. The standard InChI is InChI=1S/C13H17NO6.Na/c1-4-19-12(17)9-5-10(7(2)14-6-9)13(18)20-8(3)11(15)16;/h6,8,14H,4-5H2,1-3H3,(H,15,16);/q;+1/p-1. The van der Waals surface area contributed by atoms with Crippen molar-refractivity contribution in [1.29, 1.82) is 0 Å². The normalized spacial score (nSPS) is 15.1. The van der Waals surface area contributed by atoms with Gasteiger partial charge in [-0.15, -0.1) is 0 Å². The zero-order chi connectivity index (χ0) is 15.3. The molecule has 1 aliphatic rings. The van der Waals surface area contributed by atoms with Crippen LogP contribution >= 0.6 is 0 Å². The molecule has 0 aromatic rings. The molecule has 0 aliphatic carbocycles. The number of carboxylic acid groups (broad SMARTS) is 1. The Morgan fingerprint density at radius 2 is 2.00 bits per heavy atom. The average molecular weight is 305 g/mol. The van der Waals surface area contributed by atoms with E-state index in [4.69, 9.17) is 9.47 Å². The summed E-state index contributed by atoms with van der Waals surface area (Å²) >= 11 is 0. The Labute approximate surface area is 144 Å². The van der Waals surface area contributed by atoms with Crippen LogP contribution in [0.15, 0.2) is 23.0 Å². The van der Waals surface area contributed by atoms with Crippen molar-refractivity contribution in [1.82, 2.24) is 5.32 Å². The van der Waals surface area contributed by atoms with Gasteiger partial charge in [0.2, 0.25) is 0 Å². The van der Waals surface area contributed by atoms with Gasteiger partial charge in [-0.2, -0.15) is 0 Å². The molecule has 1 heterocycles. The fraction of sp³-hybridized carbons (Fsp3) is 0.462. The summed E-state index contributed by atoms with van der Waals surface area (Å²) in [5.74, 6) is -2.83. The Bertz CT molecular complexity index is 497. The Kier molecular flexibility index (Phi) is 8.31. The van der Waals surface area contributed by atoms with E-state index in [9.17, 15) is 19.5 Å². The summed E-state index contributed by atoms with van der Waals surface area (Å²) in [5.41, 5.74) is 0.947. The minimum atomic E-state index is -1.48. The van der Waals surface area contributed by atoms with E-state index in [1.807, 2.05) is 0 Å². The number of carboxylic acids is 1. The zero-order valence-corrected chi connectivity index (χ0v) is 14.5. The molecule has 0 amide bonds. The molecule has 1 atom stereocenters. The van der Waals surface area contributed by atoms with E-state index in [-0.39, 0.29) is 53.7 Å². The van der Waals surface area contributed by atoms with Crippen molar-refractivity contribution in [2.24, 2.45) is 0 Å². The van der Waals surface area contributed by atoms with Crippen molar-refractivity contribution in [3.63, 3.8) is 0 Å². The molecule has 0 saturated heterocycles. The van der Waals surface area contributed by atoms with Gasteiger partial charge in [0.15, 0.2) is 0 Å². The maximum absolute atomic E-state index is 11.9. The summed E-state index contributed by atoms with van der Waals surface area (Å²) < 4.78 is 9.57. The van der Waals surface area contributed by atoms with Crippen LogP contribution < -0.4 is 40.0 Å². The van der Waals surface area contributed by atoms with Gasteiger partial charge in [-0.05, 0) is 20.8 Å². The van der Waals surface area contributed by atoms with Gasteiger partial charge < -0.3 is 24.7 Å². The number of dihydropyridines is 1. The maximum atomic E-state index is 11.9. The van der Waals surface area contributed by atoms with Crippen LogP contribution in [-0.2, 0) is 23.9 Å². The zero-order valence-electron chi connectivity index (χ0n) is 12.5. The molecule has 1 aliphatic heterocycles. The Hall–Kier alpha value is -1.31. The smallest absolute Gasteiger partial charge is 0.546 e. The number of esters is 2. The predicted molar refractivity (Wildman–Crippen MR) is 65.7 cm³/mol. The van der Waals surface area contributed by atoms with E-state index in [0.717, 1.165) is 0 Å². The molecule has 0 spiro atoms. The van der Waals surface area contributed by atoms with Gasteiger partial charge in [-0.3, -0.25) is 0 Å². The monoisotopic (exact) mass is 305 g/mol. The molecule has 0 bridgehead atoms. The van der Waals surface area contributed by atoms with Gasteiger partial charge in [-0.1, -0.05) is 0 Å². The van der Waals surface area contributed by atoms with Crippen LogP contribution in [0.4, 0.5) is 0 Å². The van der Waals surface area contributed by atoms with Crippen molar-refractivity contribution in [2.75, 3.05) is 6.61 Å². The van der Waals surface area contributed by atoms with Gasteiger partial charge >= 0.3 is 41.5 Å². The molecule has 110 valence electrons. The minimum absolute atomic E-state index is 0. The molecule has 21 heavy (non-hydrogen) atoms. The number of hydrogen-bond acceptors (Lipinski definition) is 7. The van der Waals surface area contributed by atoms with Gasteiger partial charge in [-0.25, -0.2) is 9.59 Å². The molecular formula is C13H16NNaO6. The molecular weight excluding hydrogens is 289 g/mol. The van der Waals surface area contributed by atoms with Crippen LogP contribution in [0.5, 0.6) is 0 Å². The quantitative estimate of drug-likeness (QED) is 0.413. The van der Waals surface area contributed by atoms with Crippen LogP contribution in [0.3, 0.4) is 0 Å². The van der Waals surface area contributed by atoms with E-state index in [2.05, 4.69) is 5.32 Å². The third kappa shape index (κ3) is 5.53. The molecule has 0 fully saturated rings. The summed E-state index contributed by atoms with van der Waals surface area (Å²) in [6.45, 7) is 4.72. The summed E-state index contributed by atoms with van der Waals surface area (Å²) in [6, 6.07) is 0. The Morgan fingerprint density at radius 3 is 2.52 bits per heavy atom. The molecule has 1 rings (SSSR count). The molecule has 0 radical (unpaired) electrons. The van der Waals surface area contributed by atoms with Crippen LogP contribution in [0, 0.1) is 0 Å². The van der Waals surface area contributed by atoms with E-state index >= 15 is 0 Å². The summed E-state index contributed by atoms with van der Waals surface area (Å²) in [6.07, 6.45) is 0.113. The number of allylic oxidation sites excluding steroid dienone is 1. The second kappa shape index (κ2) is 8.86. The molecule has 1 unspecified atom stereocenters. The number of hydrogen-bond donors (Lipinski definition) is 1. The van der Waals surface area contributed by atoms with Crippen LogP contribution in [-0.4, -0.2) is 30.6 Å². The third-order valence-electron chi connectivity index (χ3n) is 2.68. The summed E-state index contributed by atoms with van der Waals surface area (Å²) in [7, 11) is 0. The van der Waals surface area contributed by atoms with Crippen LogP contribution in [0.1, 0.15) is 27.2 Å². The third-order valence-corrected chi connectivity index (χ3v) is 2.68. The maximum Gasteiger partial charge on any atom is 1.00 e. The van der Waals surface area contributed by atoms with E-state index in [0.29, 0.717) is 5.70 Å².